The van der Waals surface area contributed by atoms with Gasteiger partial charge in [-0.3, -0.25) is 14.6 Å². The first kappa shape index (κ1) is 29.4. The largest absolute Gasteiger partial charge is 0.493 e. The number of fused-ring (bicyclic) bond motifs is 1. The van der Waals surface area contributed by atoms with E-state index >= 15 is 0 Å². The molecule has 1 saturated heterocycles. The molecule has 1 amide bonds. The fourth-order valence-corrected chi connectivity index (χ4v) is 4.11. The first-order chi connectivity index (χ1) is 16.5. The van der Waals surface area contributed by atoms with E-state index in [-0.39, 0.29) is 42.6 Å². The molecule has 1 atom stereocenters. The third kappa shape index (κ3) is 8.11. The van der Waals surface area contributed by atoms with Crippen molar-refractivity contribution in [3.05, 3.63) is 59.2 Å². The molecule has 0 radical (unpaired) electrons. The molecule has 4 rings (SSSR count). The highest BCUT2D eigenvalue weighted by Crippen LogP contribution is 2.31. The van der Waals surface area contributed by atoms with Crippen LogP contribution in [0.2, 0.25) is 0 Å². The van der Waals surface area contributed by atoms with Gasteiger partial charge in [-0.05, 0) is 61.9 Å². The second kappa shape index (κ2) is 14.1. The van der Waals surface area contributed by atoms with Crippen LogP contribution in [0.15, 0.2) is 47.6 Å². The quantitative estimate of drug-likeness (QED) is 0.427. The van der Waals surface area contributed by atoms with Crippen molar-refractivity contribution in [2.45, 2.75) is 19.8 Å². The third-order valence-corrected chi connectivity index (χ3v) is 6.08. The fraction of sp³-hybridized carbons (Fsp3) is 0.423. The molecule has 2 heterocycles. The molecule has 2 aromatic carbocycles. The lowest BCUT2D eigenvalue weighted by Gasteiger charge is -2.30. The Morgan fingerprint density at radius 2 is 1.83 bits per heavy atom. The first-order valence-electron chi connectivity index (χ1n) is 11.8. The summed E-state index contributed by atoms with van der Waals surface area (Å²) in [5, 5.41) is 9.57. The van der Waals surface area contributed by atoms with Crippen LogP contribution in [0.5, 0.6) is 5.75 Å². The minimum absolute atomic E-state index is 0. The van der Waals surface area contributed by atoms with Crippen molar-refractivity contribution in [1.29, 1.82) is 0 Å². The van der Waals surface area contributed by atoms with E-state index in [9.17, 15) is 9.59 Å². The van der Waals surface area contributed by atoms with Crippen molar-refractivity contribution in [1.82, 2.24) is 9.91 Å². The van der Waals surface area contributed by atoms with Crippen molar-refractivity contribution in [3.63, 3.8) is 0 Å². The van der Waals surface area contributed by atoms with Gasteiger partial charge in [-0.15, -0.1) is 24.8 Å². The number of nitrogens with one attached hydrogen (secondary N) is 1. The Kier molecular flexibility index (Phi) is 11.5. The number of carbonyl (C=O) groups excluding carboxylic acids is 2. The summed E-state index contributed by atoms with van der Waals surface area (Å²) in [6.07, 6.45) is 2.87. The van der Waals surface area contributed by atoms with E-state index in [0.717, 1.165) is 43.1 Å². The van der Waals surface area contributed by atoms with Gasteiger partial charge in [0, 0.05) is 43.3 Å². The summed E-state index contributed by atoms with van der Waals surface area (Å²) in [5.74, 6) is 0.475. The van der Waals surface area contributed by atoms with Crippen molar-refractivity contribution in [2.24, 2.45) is 11.0 Å². The second-order valence-electron chi connectivity index (χ2n) is 8.79. The Bertz CT molecular complexity index is 1040. The summed E-state index contributed by atoms with van der Waals surface area (Å²) in [6.45, 7) is 6.53. The van der Waals surface area contributed by atoms with Crippen LogP contribution in [-0.4, -0.2) is 74.4 Å². The number of hydrazone groups is 1. The molecule has 196 valence electrons. The molecule has 0 aliphatic carbocycles. The Labute approximate surface area is 224 Å². The van der Waals surface area contributed by atoms with Crippen molar-refractivity contribution in [2.75, 3.05) is 51.8 Å². The molecule has 0 spiro atoms. The van der Waals surface area contributed by atoms with Gasteiger partial charge in [-0.1, -0.05) is 12.1 Å². The van der Waals surface area contributed by atoms with Crippen molar-refractivity contribution < 1.29 is 19.1 Å². The predicted molar refractivity (Wildman–Crippen MR) is 146 cm³/mol. The molecule has 0 bridgehead atoms. The van der Waals surface area contributed by atoms with Crippen molar-refractivity contribution in [3.8, 4) is 5.75 Å². The number of piperazine rings is 1. The molecule has 2 aliphatic heterocycles. The predicted octanol–water partition coefficient (Wildman–Crippen LogP) is 3.87. The number of amides is 1. The van der Waals surface area contributed by atoms with Gasteiger partial charge in [0.15, 0.2) is 0 Å². The standard InChI is InChI=1S/C26H32N4O4.2ClH/c1-3-33-25(31)15-20-14-22-16-23(8-9-24(22)34-18-20)28-26(32)21-6-4-19(5-7-21)17-27-30-12-10-29(2)11-13-30;;/h4-9,16-17,20H,3,10-15,18H2,1-2H3,(H,28,32);2*1H. The SMILES string of the molecule is CCOC(=O)CC1COc2ccc(NC(=O)c3ccc(C=NN4CCN(C)CC4)cc3)cc2C1.Cl.Cl. The average molecular weight is 537 g/mol. The van der Waals surface area contributed by atoms with Gasteiger partial charge in [-0.25, -0.2) is 0 Å². The Balaban J connectivity index is 0.00000228. The number of esters is 1. The van der Waals surface area contributed by atoms with Crippen LogP contribution in [-0.2, 0) is 16.0 Å². The van der Waals surface area contributed by atoms with E-state index in [0.29, 0.717) is 37.3 Å². The van der Waals surface area contributed by atoms with E-state index < -0.39 is 0 Å². The molecule has 1 unspecified atom stereocenters. The van der Waals surface area contributed by atoms with Crippen LogP contribution < -0.4 is 10.1 Å². The molecular weight excluding hydrogens is 503 g/mol. The van der Waals surface area contributed by atoms with Gasteiger partial charge in [0.1, 0.15) is 5.75 Å². The summed E-state index contributed by atoms with van der Waals surface area (Å²) in [6, 6.07) is 13.0. The monoisotopic (exact) mass is 536 g/mol. The molecule has 1 fully saturated rings. The zero-order chi connectivity index (χ0) is 23.9. The lowest BCUT2D eigenvalue weighted by molar-refractivity contribution is -0.144. The van der Waals surface area contributed by atoms with E-state index in [1.807, 2.05) is 36.5 Å². The second-order valence-corrected chi connectivity index (χ2v) is 8.79. The fourth-order valence-electron chi connectivity index (χ4n) is 4.11. The zero-order valence-electron chi connectivity index (χ0n) is 20.6. The average Bonchev–Trinajstić information content (AvgIpc) is 2.84. The van der Waals surface area contributed by atoms with Crippen LogP contribution in [0.4, 0.5) is 5.69 Å². The summed E-state index contributed by atoms with van der Waals surface area (Å²) >= 11 is 0. The normalized spacial score (nSPS) is 17.3. The number of halogens is 2. The van der Waals surface area contributed by atoms with E-state index in [4.69, 9.17) is 9.47 Å². The highest BCUT2D eigenvalue weighted by Gasteiger charge is 2.23. The molecule has 2 aliphatic rings. The molecular formula is C26H34Cl2N4O4. The lowest BCUT2D eigenvalue weighted by atomic mass is 9.93. The number of hydrogen-bond acceptors (Lipinski definition) is 7. The number of benzene rings is 2. The number of hydrogen-bond donors (Lipinski definition) is 1. The number of likely N-dealkylation sites (N-methyl/N-ethyl adjacent to an activating group) is 1. The smallest absolute Gasteiger partial charge is 0.306 e. The number of ether oxygens (including phenoxy) is 2. The summed E-state index contributed by atoms with van der Waals surface area (Å²) in [7, 11) is 2.12. The Hall–Kier alpha value is -2.81. The summed E-state index contributed by atoms with van der Waals surface area (Å²) in [4.78, 5) is 26.9. The number of carbonyl (C=O) groups is 2. The van der Waals surface area contributed by atoms with E-state index in [2.05, 4.69) is 27.4 Å². The highest BCUT2D eigenvalue weighted by molar-refractivity contribution is 6.04. The molecule has 0 saturated carbocycles. The lowest BCUT2D eigenvalue weighted by Crippen LogP contribution is -2.41. The molecule has 36 heavy (non-hydrogen) atoms. The van der Waals surface area contributed by atoms with Crippen LogP contribution in [0.1, 0.15) is 34.8 Å². The third-order valence-electron chi connectivity index (χ3n) is 6.08. The minimum Gasteiger partial charge on any atom is -0.493 e. The van der Waals surface area contributed by atoms with Gasteiger partial charge in [-0.2, -0.15) is 5.10 Å². The Morgan fingerprint density at radius 3 is 2.53 bits per heavy atom. The summed E-state index contributed by atoms with van der Waals surface area (Å²) < 4.78 is 10.9. The molecule has 8 nitrogen and oxygen atoms in total. The number of anilines is 1. The first-order valence-corrected chi connectivity index (χ1v) is 11.8. The van der Waals surface area contributed by atoms with Crippen LogP contribution >= 0.6 is 24.8 Å². The van der Waals surface area contributed by atoms with E-state index in [1.165, 1.54) is 0 Å². The van der Waals surface area contributed by atoms with Gasteiger partial charge < -0.3 is 19.7 Å². The maximum absolute atomic E-state index is 12.8. The van der Waals surface area contributed by atoms with Gasteiger partial charge in [0.05, 0.1) is 25.8 Å². The van der Waals surface area contributed by atoms with Gasteiger partial charge in [0.25, 0.3) is 5.91 Å². The van der Waals surface area contributed by atoms with Crippen LogP contribution in [0.3, 0.4) is 0 Å². The van der Waals surface area contributed by atoms with Crippen LogP contribution in [0, 0.1) is 5.92 Å². The topological polar surface area (TPSA) is 83.5 Å². The highest BCUT2D eigenvalue weighted by atomic mass is 35.5. The minimum atomic E-state index is -0.207. The molecule has 2 aromatic rings. The maximum Gasteiger partial charge on any atom is 0.306 e. The van der Waals surface area contributed by atoms with Crippen molar-refractivity contribution >= 4 is 48.6 Å². The Morgan fingerprint density at radius 1 is 1.11 bits per heavy atom. The van der Waals surface area contributed by atoms with Crippen LogP contribution in [0.25, 0.3) is 0 Å². The van der Waals surface area contributed by atoms with Gasteiger partial charge in [0.2, 0.25) is 0 Å². The number of rotatable bonds is 7. The molecule has 1 N–H and O–H groups in total. The molecule has 0 aromatic heterocycles. The zero-order valence-corrected chi connectivity index (χ0v) is 22.3. The molecule has 10 heteroatoms. The number of nitrogens with zero attached hydrogens (tertiary/aromatic N) is 3. The maximum atomic E-state index is 12.8. The van der Waals surface area contributed by atoms with E-state index in [1.54, 1.807) is 19.1 Å². The summed E-state index contributed by atoms with van der Waals surface area (Å²) in [5.41, 5.74) is 3.21. The van der Waals surface area contributed by atoms with Gasteiger partial charge >= 0.3 is 5.97 Å².